The third-order valence-corrected chi connectivity index (χ3v) is 2.04. The maximum absolute atomic E-state index is 10.9. The van der Waals surface area contributed by atoms with Crippen LogP contribution in [0.1, 0.15) is 19.2 Å². The molecule has 0 atom stereocenters. The topological polar surface area (TPSA) is 80.9 Å². The van der Waals surface area contributed by atoms with Gasteiger partial charge in [-0.1, -0.05) is 6.92 Å². The lowest BCUT2D eigenvalue weighted by Crippen LogP contribution is -2.21. The standard InChI is InChI=1S/C7H12N4OS/c1-2-3-5-9-7(13-11-5)10-6(12)4-8/h2-4,8H2,1H3,(H,9,10,11,12). The number of nitrogens with two attached hydrogens (primary N) is 1. The minimum absolute atomic E-state index is 0.0251. The Kier molecular flexibility index (Phi) is 3.78. The van der Waals surface area contributed by atoms with Crippen LogP contribution in [0.5, 0.6) is 0 Å². The average molecular weight is 200 g/mol. The molecule has 0 bridgehead atoms. The third-order valence-electron chi connectivity index (χ3n) is 1.37. The van der Waals surface area contributed by atoms with E-state index >= 15 is 0 Å². The summed E-state index contributed by atoms with van der Waals surface area (Å²) in [6.45, 7) is 2.03. The lowest BCUT2D eigenvalue weighted by atomic mass is 10.3. The van der Waals surface area contributed by atoms with Crippen LogP contribution in [-0.2, 0) is 11.2 Å². The van der Waals surface area contributed by atoms with Crippen molar-refractivity contribution in [3.05, 3.63) is 5.82 Å². The van der Waals surface area contributed by atoms with E-state index < -0.39 is 0 Å². The number of carbonyl (C=O) groups excluding carboxylic acids is 1. The molecule has 0 spiro atoms. The number of aryl methyl sites for hydroxylation is 1. The lowest BCUT2D eigenvalue weighted by molar-refractivity contribution is -0.114. The summed E-state index contributed by atoms with van der Waals surface area (Å²) in [7, 11) is 0. The fourth-order valence-electron chi connectivity index (χ4n) is 0.800. The van der Waals surface area contributed by atoms with Gasteiger partial charge in [-0.05, 0) is 6.42 Å². The number of nitrogens with one attached hydrogen (secondary N) is 1. The van der Waals surface area contributed by atoms with Crippen molar-refractivity contribution in [1.29, 1.82) is 0 Å². The molecule has 0 aromatic carbocycles. The van der Waals surface area contributed by atoms with E-state index in [2.05, 4.69) is 21.6 Å². The van der Waals surface area contributed by atoms with Crippen LogP contribution in [0.15, 0.2) is 0 Å². The first-order valence-electron chi connectivity index (χ1n) is 4.08. The van der Waals surface area contributed by atoms with Gasteiger partial charge < -0.3 is 5.73 Å². The van der Waals surface area contributed by atoms with Crippen LogP contribution in [0.3, 0.4) is 0 Å². The van der Waals surface area contributed by atoms with Crippen molar-refractivity contribution >= 4 is 22.6 Å². The highest BCUT2D eigenvalue weighted by Gasteiger charge is 2.05. The first-order chi connectivity index (χ1) is 6.26. The molecule has 0 unspecified atom stereocenters. The number of nitrogens with zero attached hydrogens (tertiary/aromatic N) is 2. The summed E-state index contributed by atoms with van der Waals surface area (Å²) in [5.74, 6) is 0.541. The molecule has 0 radical (unpaired) electrons. The van der Waals surface area contributed by atoms with Crippen molar-refractivity contribution in [3.8, 4) is 0 Å². The number of aromatic nitrogens is 2. The summed E-state index contributed by atoms with van der Waals surface area (Å²) in [6.07, 6.45) is 1.84. The van der Waals surface area contributed by atoms with Gasteiger partial charge in [0.15, 0.2) is 0 Å². The minimum atomic E-state index is -0.237. The highest BCUT2D eigenvalue weighted by atomic mass is 32.1. The monoisotopic (exact) mass is 200 g/mol. The molecule has 5 nitrogen and oxygen atoms in total. The summed E-state index contributed by atoms with van der Waals surface area (Å²) in [5, 5.41) is 3.08. The number of amides is 1. The van der Waals surface area contributed by atoms with Gasteiger partial charge in [0.05, 0.1) is 6.54 Å². The highest BCUT2D eigenvalue weighted by Crippen LogP contribution is 2.11. The molecule has 0 aliphatic carbocycles. The van der Waals surface area contributed by atoms with E-state index in [0.717, 1.165) is 18.7 Å². The number of hydrogen-bond acceptors (Lipinski definition) is 5. The summed E-state index contributed by atoms with van der Waals surface area (Å²) in [4.78, 5) is 15.0. The van der Waals surface area contributed by atoms with E-state index in [4.69, 9.17) is 5.73 Å². The minimum Gasteiger partial charge on any atom is -0.322 e. The Morgan fingerprint density at radius 2 is 2.46 bits per heavy atom. The van der Waals surface area contributed by atoms with Crippen LogP contribution in [-0.4, -0.2) is 21.8 Å². The highest BCUT2D eigenvalue weighted by molar-refractivity contribution is 7.09. The Labute approximate surface area is 80.5 Å². The zero-order valence-corrected chi connectivity index (χ0v) is 8.23. The largest absolute Gasteiger partial charge is 0.322 e. The molecule has 0 aliphatic heterocycles. The van der Waals surface area contributed by atoms with E-state index in [9.17, 15) is 4.79 Å². The second-order valence-corrected chi connectivity index (χ2v) is 3.27. The van der Waals surface area contributed by atoms with E-state index in [1.165, 1.54) is 11.5 Å². The molecular weight excluding hydrogens is 188 g/mol. The average Bonchev–Trinajstić information content (AvgIpc) is 2.53. The number of anilines is 1. The van der Waals surface area contributed by atoms with Crippen LogP contribution in [0.4, 0.5) is 5.13 Å². The van der Waals surface area contributed by atoms with E-state index in [1.807, 2.05) is 0 Å². The molecule has 6 heteroatoms. The molecule has 3 N–H and O–H groups in total. The van der Waals surface area contributed by atoms with Crippen molar-refractivity contribution in [1.82, 2.24) is 9.36 Å². The van der Waals surface area contributed by atoms with Crippen molar-refractivity contribution in [2.24, 2.45) is 5.73 Å². The quantitative estimate of drug-likeness (QED) is 0.736. The summed E-state index contributed by atoms with van der Waals surface area (Å²) in [5.41, 5.74) is 5.13. The SMILES string of the molecule is CCCc1nsc(NC(=O)CN)n1. The van der Waals surface area contributed by atoms with Gasteiger partial charge in [0, 0.05) is 18.0 Å². The fourth-order valence-corrected chi connectivity index (χ4v) is 1.43. The molecule has 1 amide bonds. The summed E-state index contributed by atoms with van der Waals surface area (Å²) >= 11 is 1.18. The number of carbonyl (C=O) groups is 1. The van der Waals surface area contributed by atoms with Gasteiger partial charge in [-0.15, -0.1) is 0 Å². The molecule has 1 aromatic heterocycles. The molecule has 0 fully saturated rings. The predicted octanol–water partition coefficient (Wildman–Crippen LogP) is 0.388. The maximum atomic E-state index is 10.9. The number of hydrogen-bond donors (Lipinski definition) is 2. The van der Waals surface area contributed by atoms with Gasteiger partial charge in [0.2, 0.25) is 11.0 Å². The van der Waals surface area contributed by atoms with Gasteiger partial charge >= 0.3 is 0 Å². The molecule has 0 saturated carbocycles. The zero-order chi connectivity index (χ0) is 9.68. The van der Waals surface area contributed by atoms with Crippen LogP contribution in [0.2, 0.25) is 0 Å². The summed E-state index contributed by atoms with van der Waals surface area (Å²) in [6, 6.07) is 0. The molecule has 1 aromatic rings. The van der Waals surface area contributed by atoms with Crippen LogP contribution < -0.4 is 11.1 Å². The molecule has 72 valence electrons. The Morgan fingerprint density at radius 3 is 3.08 bits per heavy atom. The van der Waals surface area contributed by atoms with Gasteiger partial charge in [-0.3, -0.25) is 10.1 Å². The van der Waals surface area contributed by atoms with E-state index in [1.54, 1.807) is 0 Å². The Balaban J connectivity index is 2.53. The van der Waals surface area contributed by atoms with Gasteiger partial charge in [-0.2, -0.15) is 4.37 Å². The van der Waals surface area contributed by atoms with Crippen molar-refractivity contribution < 1.29 is 4.79 Å². The molecule has 0 saturated heterocycles. The lowest BCUT2D eigenvalue weighted by Gasteiger charge is -1.94. The van der Waals surface area contributed by atoms with Crippen molar-refractivity contribution in [3.63, 3.8) is 0 Å². The predicted molar refractivity (Wildman–Crippen MR) is 51.6 cm³/mol. The first kappa shape index (κ1) is 10.1. The van der Waals surface area contributed by atoms with Gasteiger partial charge in [0.1, 0.15) is 5.82 Å². The van der Waals surface area contributed by atoms with Gasteiger partial charge in [0.25, 0.3) is 0 Å². The summed E-state index contributed by atoms with van der Waals surface area (Å²) < 4.78 is 4.07. The molecule has 1 heterocycles. The molecule has 13 heavy (non-hydrogen) atoms. The van der Waals surface area contributed by atoms with Crippen molar-refractivity contribution in [2.45, 2.75) is 19.8 Å². The maximum Gasteiger partial charge on any atom is 0.239 e. The molecule has 0 aliphatic rings. The smallest absolute Gasteiger partial charge is 0.239 e. The molecular formula is C7H12N4OS. The van der Waals surface area contributed by atoms with Crippen LogP contribution in [0.25, 0.3) is 0 Å². The van der Waals surface area contributed by atoms with Gasteiger partial charge in [-0.25, -0.2) is 4.98 Å². The third kappa shape index (κ3) is 3.08. The van der Waals surface area contributed by atoms with E-state index in [-0.39, 0.29) is 12.5 Å². The van der Waals surface area contributed by atoms with Crippen LogP contribution in [0, 0.1) is 0 Å². The Morgan fingerprint density at radius 1 is 1.69 bits per heavy atom. The zero-order valence-electron chi connectivity index (χ0n) is 7.41. The Bertz CT molecular complexity index is 286. The molecule has 1 rings (SSSR count). The second-order valence-electron chi connectivity index (χ2n) is 2.52. The first-order valence-corrected chi connectivity index (χ1v) is 4.86. The van der Waals surface area contributed by atoms with Crippen molar-refractivity contribution in [2.75, 3.05) is 11.9 Å². The second kappa shape index (κ2) is 4.88. The normalized spacial score (nSPS) is 10.0. The Hall–Kier alpha value is -1.01. The number of rotatable bonds is 4. The van der Waals surface area contributed by atoms with Crippen LogP contribution >= 0.6 is 11.5 Å². The van der Waals surface area contributed by atoms with E-state index in [0.29, 0.717) is 5.13 Å². The fraction of sp³-hybridized carbons (Fsp3) is 0.571.